The van der Waals surface area contributed by atoms with Crippen molar-refractivity contribution in [3.63, 3.8) is 0 Å². The Morgan fingerprint density at radius 1 is 1.36 bits per heavy atom. The summed E-state index contributed by atoms with van der Waals surface area (Å²) in [6.45, 7) is 3.84. The summed E-state index contributed by atoms with van der Waals surface area (Å²) in [5.74, 6) is -1.34. The van der Waals surface area contributed by atoms with Gasteiger partial charge >= 0.3 is 5.82 Å². The molecule has 3 aromatic rings. The van der Waals surface area contributed by atoms with Gasteiger partial charge in [0.25, 0.3) is 0 Å². The van der Waals surface area contributed by atoms with Gasteiger partial charge in [-0.25, -0.2) is 14.1 Å². The Balaban J connectivity index is 1.60. The minimum atomic E-state index is -0.580. The van der Waals surface area contributed by atoms with Gasteiger partial charge in [0.1, 0.15) is 12.1 Å². The number of rotatable bonds is 7. The summed E-state index contributed by atoms with van der Waals surface area (Å²) in [6.07, 6.45) is 1.44. The highest BCUT2D eigenvalue weighted by Crippen LogP contribution is 2.14. The van der Waals surface area contributed by atoms with E-state index in [2.05, 4.69) is 20.5 Å². The molecule has 0 aliphatic heterocycles. The van der Waals surface area contributed by atoms with Crippen molar-refractivity contribution in [3.05, 3.63) is 63.8 Å². The maximum absolute atomic E-state index is 13.2. The van der Waals surface area contributed by atoms with E-state index >= 15 is 0 Å². The summed E-state index contributed by atoms with van der Waals surface area (Å²) in [6, 6.07) is 7.46. The number of amides is 1. The van der Waals surface area contributed by atoms with Crippen LogP contribution in [0.1, 0.15) is 18.2 Å². The number of aromatic nitrogens is 5. The molecule has 3 rings (SSSR count). The predicted octanol–water partition coefficient (Wildman–Crippen LogP) is 2.15. The molecular weight excluding hydrogens is 369 g/mol. The topological polar surface area (TPSA) is 121 Å². The third-order valence-corrected chi connectivity index (χ3v) is 4.05. The van der Waals surface area contributed by atoms with Crippen LogP contribution in [0.3, 0.4) is 0 Å². The summed E-state index contributed by atoms with van der Waals surface area (Å²) >= 11 is 0. The van der Waals surface area contributed by atoms with Crippen LogP contribution in [0.2, 0.25) is 0 Å². The van der Waals surface area contributed by atoms with Crippen molar-refractivity contribution in [1.29, 1.82) is 0 Å². The second-order valence-electron chi connectivity index (χ2n) is 6.37. The van der Waals surface area contributed by atoms with Crippen LogP contribution in [-0.2, 0) is 17.9 Å². The Morgan fingerprint density at radius 3 is 2.82 bits per heavy atom. The average molecular weight is 387 g/mol. The lowest BCUT2D eigenvalue weighted by atomic mass is 10.1. The number of nitrogens with one attached hydrogen (secondary N) is 1. The molecule has 0 aliphatic carbocycles. The Hall–Kier alpha value is -3.63. The van der Waals surface area contributed by atoms with Gasteiger partial charge in [-0.3, -0.25) is 10.1 Å². The molecule has 28 heavy (non-hydrogen) atoms. The molecule has 1 unspecified atom stereocenters. The van der Waals surface area contributed by atoms with Crippen LogP contribution in [0, 0.1) is 28.8 Å². The number of hydrogen-bond donors (Lipinski definition) is 1. The zero-order valence-corrected chi connectivity index (χ0v) is 15.2. The molecule has 0 spiro atoms. The van der Waals surface area contributed by atoms with Crippen LogP contribution in [0.15, 0.2) is 36.7 Å². The molecule has 10 nitrogen and oxygen atoms in total. The molecule has 146 valence electrons. The highest BCUT2D eigenvalue weighted by molar-refractivity contribution is 5.90. The lowest BCUT2D eigenvalue weighted by Gasteiger charge is -2.09. The fourth-order valence-corrected chi connectivity index (χ4v) is 2.59. The molecule has 1 amide bonds. The molecule has 2 heterocycles. The second kappa shape index (κ2) is 7.94. The quantitative estimate of drug-likeness (QED) is 0.490. The second-order valence-corrected chi connectivity index (χ2v) is 6.37. The van der Waals surface area contributed by atoms with Crippen molar-refractivity contribution in [3.8, 4) is 0 Å². The summed E-state index contributed by atoms with van der Waals surface area (Å²) in [7, 11) is 0. The number of hydrogen-bond acceptors (Lipinski definition) is 6. The average Bonchev–Trinajstić information content (AvgIpc) is 3.22. The Bertz CT molecular complexity index is 1010. The third-order valence-electron chi connectivity index (χ3n) is 4.05. The highest BCUT2D eigenvalue weighted by Gasteiger charge is 2.21. The summed E-state index contributed by atoms with van der Waals surface area (Å²) in [4.78, 5) is 26.6. The first kappa shape index (κ1) is 19.1. The molecule has 0 bridgehead atoms. The molecule has 11 heteroatoms. The van der Waals surface area contributed by atoms with Gasteiger partial charge in [0.05, 0.1) is 35.9 Å². The molecule has 0 aliphatic rings. The maximum atomic E-state index is 13.2. The van der Waals surface area contributed by atoms with Gasteiger partial charge < -0.3 is 10.1 Å². The standard InChI is InChI=1S/C17H18FN7O3/c1-11(8-24-12(2)6-15(21-24)25(27)28)16(26)20-17-19-10-23(22-17)9-13-4-3-5-14(18)7-13/h3-7,10-11H,8-9H2,1-2H3,(H,20,22,26). The molecule has 1 aromatic carbocycles. The minimum Gasteiger partial charge on any atom is -0.358 e. The van der Waals surface area contributed by atoms with Crippen LogP contribution in [-0.4, -0.2) is 35.4 Å². The first-order valence-electron chi connectivity index (χ1n) is 8.45. The zero-order chi connectivity index (χ0) is 20.3. The zero-order valence-electron chi connectivity index (χ0n) is 15.2. The van der Waals surface area contributed by atoms with Crippen LogP contribution < -0.4 is 5.32 Å². The number of benzene rings is 1. The van der Waals surface area contributed by atoms with E-state index in [9.17, 15) is 19.3 Å². The van der Waals surface area contributed by atoms with E-state index in [0.29, 0.717) is 17.8 Å². The van der Waals surface area contributed by atoms with Gasteiger partial charge in [0.2, 0.25) is 11.9 Å². The fourth-order valence-electron chi connectivity index (χ4n) is 2.59. The number of carbonyl (C=O) groups excluding carboxylic acids is 1. The first-order valence-corrected chi connectivity index (χ1v) is 8.45. The number of halogens is 1. The highest BCUT2D eigenvalue weighted by atomic mass is 19.1. The lowest BCUT2D eigenvalue weighted by molar-refractivity contribution is -0.389. The van der Waals surface area contributed by atoms with Gasteiger partial charge in [-0.1, -0.05) is 19.1 Å². The van der Waals surface area contributed by atoms with Crippen molar-refractivity contribution in [1.82, 2.24) is 24.5 Å². The molecule has 1 atom stereocenters. The Labute approximate surface area is 159 Å². The van der Waals surface area contributed by atoms with E-state index < -0.39 is 10.8 Å². The van der Waals surface area contributed by atoms with Crippen LogP contribution in [0.5, 0.6) is 0 Å². The van der Waals surface area contributed by atoms with Crippen molar-refractivity contribution in [2.75, 3.05) is 5.32 Å². The van der Waals surface area contributed by atoms with Crippen LogP contribution in [0.4, 0.5) is 16.2 Å². The molecule has 1 N–H and O–H groups in total. The SMILES string of the molecule is Cc1cc([N+](=O)[O-])nn1CC(C)C(=O)Nc1ncn(Cc2cccc(F)c2)n1. The number of carbonyl (C=O) groups is 1. The molecule has 0 radical (unpaired) electrons. The van der Waals surface area contributed by atoms with E-state index in [-0.39, 0.29) is 30.0 Å². The molecule has 2 aromatic heterocycles. The van der Waals surface area contributed by atoms with Crippen LogP contribution in [0.25, 0.3) is 0 Å². The first-order chi connectivity index (χ1) is 13.3. The van der Waals surface area contributed by atoms with Gasteiger partial charge in [-0.15, -0.1) is 5.10 Å². The summed E-state index contributed by atoms with van der Waals surface area (Å²) in [5.41, 5.74) is 1.30. The predicted molar refractivity (Wildman–Crippen MR) is 96.9 cm³/mol. The molecule has 0 fully saturated rings. The Kier molecular flexibility index (Phi) is 5.43. The van der Waals surface area contributed by atoms with E-state index in [1.165, 1.54) is 33.9 Å². The lowest BCUT2D eigenvalue weighted by Crippen LogP contribution is -2.25. The van der Waals surface area contributed by atoms with Crippen molar-refractivity contribution in [2.24, 2.45) is 5.92 Å². The van der Waals surface area contributed by atoms with Crippen molar-refractivity contribution < 1.29 is 14.1 Å². The number of nitrogens with zero attached hydrogens (tertiary/aromatic N) is 6. The number of anilines is 1. The maximum Gasteiger partial charge on any atom is 0.390 e. The smallest absolute Gasteiger partial charge is 0.358 e. The van der Waals surface area contributed by atoms with E-state index in [0.717, 1.165) is 0 Å². The van der Waals surface area contributed by atoms with Crippen molar-refractivity contribution in [2.45, 2.75) is 26.9 Å². The number of aryl methyl sites for hydroxylation is 1. The van der Waals surface area contributed by atoms with Gasteiger partial charge in [-0.2, -0.15) is 4.68 Å². The van der Waals surface area contributed by atoms with Crippen molar-refractivity contribution >= 4 is 17.7 Å². The van der Waals surface area contributed by atoms with E-state index in [1.54, 1.807) is 26.0 Å². The fraction of sp³-hybridized carbons (Fsp3) is 0.294. The van der Waals surface area contributed by atoms with Crippen LogP contribution >= 0.6 is 0 Å². The summed E-state index contributed by atoms with van der Waals surface area (Å²) < 4.78 is 16.1. The third kappa shape index (κ3) is 4.55. The largest absolute Gasteiger partial charge is 0.390 e. The Morgan fingerprint density at radius 2 is 2.14 bits per heavy atom. The number of nitro groups is 1. The minimum absolute atomic E-state index is 0.122. The molecule has 0 saturated heterocycles. The van der Waals surface area contributed by atoms with E-state index in [4.69, 9.17) is 0 Å². The van der Waals surface area contributed by atoms with Gasteiger partial charge in [-0.05, 0) is 29.5 Å². The van der Waals surface area contributed by atoms with Gasteiger partial charge in [0.15, 0.2) is 0 Å². The normalized spacial score (nSPS) is 12.0. The van der Waals surface area contributed by atoms with Gasteiger partial charge in [0, 0.05) is 0 Å². The van der Waals surface area contributed by atoms with E-state index in [1.807, 2.05) is 0 Å². The molecular formula is C17H18FN7O3. The monoisotopic (exact) mass is 387 g/mol. The molecule has 0 saturated carbocycles. The summed E-state index contributed by atoms with van der Waals surface area (Å²) in [5, 5.41) is 21.4.